The van der Waals surface area contributed by atoms with Gasteiger partial charge in [-0.3, -0.25) is 9.69 Å². The number of aromatic nitrogens is 1. The van der Waals surface area contributed by atoms with Gasteiger partial charge in [0.05, 0.1) is 27.8 Å². The second-order valence-electron chi connectivity index (χ2n) is 8.80. The monoisotopic (exact) mass is 485 g/mol. The molecule has 3 aromatic rings. The molecule has 1 amide bonds. The minimum Gasteiger partial charge on any atom is -0.376 e. The Kier molecular flexibility index (Phi) is 5.98. The third-order valence-corrected chi connectivity index (χ3v) is 9.22. The Morgan fingerprint density at radius 3 is 2.58 bits per heavy atom. The van der Waals surface area contributed by atoms with Crippen molar-refractivity contribution in [2.75, 3.05) is 25.1 Å². The molecule has 7 nitrogen and oxygen atoms in total. The van der Waals surface area contributed by atoms with E-state index < -0.39 is 10.0 Å². The molecule has 33 heavy (non-hydrogen) atoms. The Labute approximate surface area is 198 Å². The Hall–Kier alpha value is -2.33. The summed E-state index contributed by atoms with van der Waals surface area (Å²) in [5, 5.41) is 0.626. The molecule has 1 saturated heterocycles. The molecule has 1 atom stereocenters. The van der Waals surface area contributed by atoms with Gasteiger partial charge < -0.3 is 4.74 Å². The molecule has 1 aliphatic heterocycles. The zero-order chi connectivity index (χ0) is 23.2. The van der Waals surface area contributed by atoms with Crippen LogP contribution in [0.25, 0.3) is 10.2 Å². The van der Waals surface area contributed by atoms with Crippen molar-refractivity contribution in [2.24, 2.45) is 0 Å². The van der Waals surface area contributed by atoms with E-state index in [0.717, 1.165) is 41.5 Å². The molecule has 1 aromatic heterocycles. The van der Waals surface area contributed by atoms with Crippen LogP contribution in [0.2, 0.25) is 0 Å². The first-order chi connectivity index (χ1) is 15.8. The molecule has 0 N–H and O–H groups in total. The second kappa shape index (κ2) is 8.79. The number of aryl methyl sites for hydroxylation is 1. The first-order valence-electron chi connectivity index (χ1n) is 11.2. The van der Waals surface area contributed by atoms with E-state index in [4.69, 9.17) is 9.72 Å². The van der Waals surface area contributed by atoms with Gasteiger partial charge in [-0.1, -0.05) is 17.4 Å². The van der Waals surface area contributed by atoms with Crippen LogP contribution in [0.15, 0.2) is 47.4 Å². The number of benzene rings is 2. The van der Waals surface area contributed by atoms with Crippen molar-refractivity contribution in [3.05, 3.63) is 53.6 Å². The fourth-order valence-electron chi connectivity index (χ4n) is 4.10. The van der Waals surface area contributed by atoms with Gasteiger partial charge in [-0.2, -0.15) is 4.31 Å². The summed E-state index contributed by atoms with van der Waals surface area (Å²) in [6, 6.07) is 12.4. The minimum absolute atomic E-state index is 0.0328. The number of anilines is 1. The molecule has 0 radical (unpaired) electrons. The lowest BCUT2D eigenvalue weighted by atomic mass is 10.2. The number of carbonyl (C=O) groups is 1. The number of sulfonamides is 1. The number of rotatable bonds is 7. The summed E-state index contributed by atoms with van der Waals surface area (Å²) in [6.45, 7) is 3.15. The average molecular weight is 486 g/mol. The Morgan fingerprint density at radius 1 is 1.15 bits per heavy atom. The molecule has 1 saturated carbocycles. The van der Waals surface area contributed by atoms with Gasteiger partial charge >= 0.3 is 0 Å². The zero-order valence-electron chi connectivity index (χ0n) is 18.7. The maximum absolute atomic E-state index is 13.6. The standard InChI is InChI=1S/C24H27N3O4S2/c1-16-5-12-21-22(14-16)32-24(25-21)27(15-19-4-3-13-31-19)23(28)17-6-10-20(11-7-17)33(29,30)26(2)18-8-9-18/h5-7,10-12,14,18-19H,3-4,8-9,13,15H2,1-2H3. The molecule has 2 aliphatic rings. The highest BCUT2D eigenvalue weighted by Gasteiger charge is 2.35. The lowest BCUT2D eigenvalue weighted by molar-refractivity contribution is 0.0917. The van der Waals surface area contributed by atoms with Crippen molar-refractivity contribution in [1.82, 2.24) is 9.29 Å². The number of hydrogen-bond acceptors (Lipinski definition) is 6. The SMILES string of the molecule is Cc1ccc2nc(N(CC3CCCO3)C(=O)c3ccc(S(=O)(=O)N(C)C4CC4)cc3)sc2c1. The molecule has 9 heteroatoms. The van der Waals surface area contributed by atoms with Crippen LogP contribution in [-0.2, 0) is 14.8 Å². The van der Waals surface area contributed by atoms with Crippen molar-refractivity contribution < 1.29 is 17.9 Å². The molecular weight excluding hydrogens is 458 g/mol. The molecular formula is C24H27N3O4S2. The van der Waals surface area contributed by atoms with E-state index in [1.54, 1.807) is 24.1 Å². The molecule has 174 valence electrons. The number of fused-ring (bicyclic) bond motifs is 1. The summed E-state index contributed by atoms with van der Waals surface area (Å²) in [7, 11) is -1.94. The van der Waals surface area contributed by atoms with Crippen LogP contribution >= 0.6 is 11.3 Å². The molecule has 0 bridgehead atoms. The van der Waals surface area contributed by atoms with Crippen LogP contribution in [0.4, 0.5) is 5.13 Å². The van der Waals surface area contributed by atoms with E-state index in [9.17, 15) is 13.2 Å². The van der Waals surface area contributed by atoms with Crippen LogP contribution in [0.3, 0.4) is 0 Å². The third-order valence-electron chi connectivity index (χ3n) is 6.26. The van der Waals surface area contributed by atoms with E-state index in [2.05, 4.69) is 6.07 Å². The Morgan fingerprint density at radius 2 is 1.91 bits per heavy atom. The highest BCUT2D eigenvalue weighted by molar-refractivity contribution is 7.89. The van der Waals surface area contributed by atoms with Crippen LogP contribution < -0.4 is 4.90 Å². The fraction of sp³-hybridized carbons (Fsp3) is 0.417. The number of carbonyl (C=O) groups excluding carboxylic acids is 1. The van der Waals surface area contributed by atoms with Gasteiger partial charge in [0.25, 0.3) is 5.91 Å². The summed E-state index contributed by atoms with van der Waals surface area (Å²) in [5.74, 6) is -0.208. The average Bonchev–Trinajstić information content (AvgIpc) is 3.36. The van der Waals surface area contributed by atoms with Crippen molar-refractivity contribution in [3.63, 3.8) is 0 Å². The van der Waals surface area contributed by atoms with Gasteiger partial charge in [0.15, 0.2) is 5.13 Å². The smallest absolute Gasteiger partial charge is 0.260 e. The predicted molar refractivity (Wildman–Crippen MR) is 129 cm³/mol. The van der Waals surface area contributed by atoms with Crippen LogP contribution in [0, 0.1) is 6.92 Å². The number of thiazole rings is 1. The first kappa shape index (κ1) is 22.5. The topological polar surface area (TPSA) is 79.8 Å². The number of hydrogen-bond donors (Lipinski definition) is 0. The quantitative estimate of drug-likeness (QED) is 0.501. The van der Waals surface area contributed by atoms with E-state index >= 15 is 0 Å². The molecule has 2 aromatic carbocycles. The largest absolute Gasteiger partial charge is 0.376 e. The lowest BCUT2D eigenvalue weighted by Gasteiger charge is -2.23. The third kappa shape index (κ3) is 4.55. The highest BCUT2D eigenvalue weighted by atomic mass is 32.2. The van der Waals surface area contributed by atoms with Crippen LogP contribution in [-0.4, -0.2) is 56.0 Å². The van der Waals surface area contributed by atoms with Gasteiger partial charge in [-0.15, -0.1) is 0 Å². The minimum atomic E-state index is -3.55. The van der Waals surface area contributed by atoms with Crippen molar-refractivity contribution >= 4 is 42.6 Å². The number of ether oxygens (including phenoxy) is 1. The molecule has 2 heterocycles. The first-order valence-corrected chi connectivity index (χ1v) is 13.5. The van der Waals surface area contributed by atoms with Gasteiger partial charge in [-0.25, -0.2) is 13.4 Å². The second-order valence-corrected chi connectivity index (χ2v) is 11.8. The number of nitrogens with zero attached hydrogens (tertiary/aromatic N) is 3. The Bertz CT molecular complexity index is 1280. The highest BCUT2D eigenvalue weighted by Crippen LogP contribution is 2.33. The lowest BCUT2D eigenvalue weighted by Crippen LogP contribution is -2.37. The van der Waals surface area contributed by atoms with E-state index in [1.807, 2.05) is 19.1 Å². The maximum Gasteiger partial charge on any atom is 0.260 e. The van der Waals surface area contributed by atoms with Gasteiger partial charge in [0.1, 0.15) is 0 Å². The summed E-state index contributed by atoms with van der Waals surface area (Å²) in [5.41, 5.74) is 2.43. The summed E-state index contributed by atoms with van der Waals surface area (Å²) >= 11 is 1.48. The van der Waals surface area contributed by atoms with Gasteiger partial charge in [-0.05, 0) is 74.6 Å². The van der Waals surface area contributed by atoms with Crippen molar-refractivity contribution in [3.8, 4) is 0 Å². The fourth-order valence-corrected chi connectivity index (χ4v) is 6.59. The normalized spacial score (nSPS) is 18.8. The predicted octanol–water partition coefficient (Wildman–Crippen LogP) is 4.21. The maximum atomic E-state index is 13.6. The van der Waals surface area contributed by atoms with E-state index in [0.29, 0.717) is 23.8 Å². The molecule has 2 fully saturated rings. The van der Waals surface area contributed by atoms with Crippen molar-refractivity contribution in [2.45, 2.75) is 49.6 Å². The van der Waals surface area contributed by atoms with Crippen LogP contribution in [0.1, 0.15) is 41.6 Å². The molecule has 1 aliphatic carbocycles. The summed E-state index contributed by atoms with van der Waals surface area (Å²) in [6.07, 6.45) is 3.64. The van der Waals surface area contributed by atoms with Gasteiger partial charge in [0.2, 0.25) is 10.0 Å². The summed E-state index contributed by atoms with van der Waals surface area (Å²) in [4.78, 5) is 20.2. The van der Waals surface area contributed by atoms with Crippen LogP contribution in [0.5, 0.6) is 0 Å². The van der Waals surface area contributed by atoms with E-state index in [1.165, 1.54) is 27.8 Å². The number of amides is 1. The zero-order valence-corrected chi connectivity index (χ0v) is 20.4. The Balaban J connectivity index is 1.44. The summed E-state index contributed by atoms with van der Waals surface area (Å²) < 4.78 is 33.9. The molecule has 1 unspecified atom stereocenters. The molecule has 0 spiro atoms. The van der Waals surface area contributed by atoms with Gasteiger partial charge in [0, 0.05) is 25.3 Å². The van der Waals surface area contributed by atoms with E-state index in [-0.39, 0.29) is 22.9 Å². The molecule has 5 rings (SSSR count). The van der Waals surface area contributed by atoms with Crippen molar-refractivity contribution in [1.29, 1.82) is 0 Å².